The molecule has 10 heavy (non-hydrogen) atoms. The van der Waals surface area contributed by atoms with Crippen LogP contribution in [0.5, 0.6) is 0 Å². The molecule has 0 aromatic carbocycles. The molecule has 0 aliphatic carbocycles. The van der Waals surface area contributed by atoms with Crippen molar-refractivity contribution in [1.82, 2.24) is 4.90 Å². The molecule has 0 aromatic rings. The van der Waals surface area contributed by atoms with Crippen LogP contribution < -0.4 is 0 Å². The van der Waals surface area contributed by atoms with Crippen molar-refractivity contribution in [3.8, 4) is 0 Å². The van der Waals surface area contributed by atoms with Crippen molar-refractivity contribution in [2.45, 2.75) is 38.3 Å². The number of piperidine rings is 1. The van der Waals surface area contributed by atoms with Crippen LogP contribution in [-0.4, -0.2) is 35.2 Å². The van der Waals surface area contributed by atoms with Crippen LogP contribution in [0.1, 0.15) is 26.7 Å². The molecule has 0 saturated carbocycles. The normalized spacial score (nSPS) is 34.2. The molecule has 1 unspecified atom stereocenters. The summed E-state index contributed by atoms with van der Waals surface area (Å²) >= 11 is 0. The molecule has 2 heteroatoms. The van der Waals surface area contributed by atoms with Gasteiger partial charge in [-0.15, -0.1) is 0 Å². The van der Waals surface area contributed by atoms with E-state index in [1.165, 1.54) is 0 Å². The highest BCUT2D eigenvalue weighted by Gasteiger charge is 2.30. The fourth-order valence-electron chi connectivity index (χ4n) is 1.48. The van der Waals surface area contributed by atoms with E-state index in [0.29, 0.717) is 0 Å². The van der Waals surface area contributed by atoms with Gasteiger partial charge in [0.2, 0.25) is 0 Å². The van der Waals surface area contributed by atoms with Crippen molar-refractivity contribution in [2.24, 2.45) is 0 Å². The molecule has 1 N–H and O–H groups in total. The van der Waals surface area contributed by atoms with Crippen LogP contribution in [0.15, 0.2) is 0 Å². The number of likely N-dealkylation sites (tertiary alicyclic amines) is 1. The van der Waals surface area contributed by atoms with Crippen LogP contribution in [0.4, 0.5) is 0 Å². The van der Waals surface area contributed by atoms with Gasteiger partial charge in [0.1, 0.15) is 0 Å². The van der Waals surface area contributed by atoms with Gasteiger partial charge in [0.05, 0.1) is 6.10 Å². The first-order valence-electron chi connectivity index (χ1n) is 3.92. The Hall–Kier alpha value is -0.0800. The average molecular weight is 143 g/mol. The van der Waals surface area contributed by atoms with E-state index < -0.39 is 0 Å². The van der Waals surface area contributed by atoms with Gasteiger partial charge >= 0.3 is 0 Å². The zero-order valence-electron chi connectivity index (χ0n) is 7.09. The zero-order valence-corrected chi connectivity index (χ0v) is 7.09. The minimum atomic E-state index is -0.0776. The lowest BCUT2D eigenvalue weighted by Crippen LogP contribution is -2.49. The Labute approximate surface area is 62.8 Å². The first-order valence-corrected chi connectivity index (χ1v) is 3.92. The third kappa shape index (κ3) is 1.50. The molecule has 0 radical (unpaired) electrons. The van der Waals surface area contributed by atoms with Gasteiger partial charge in [-0.2, -0.15) is 0 Å². The molecular weight excluding hydrogens is 126 g/mol. The van der Waals surface area contributed by atoms with Crippen LogP contribution in [0.2, 0.25) is 0 Å². The van der Waals surface area contributed by atoms with Crippen LogP contribution in [0.25, 0.3) is 0 Å². The summed E-state index contributed by atoms with van der Waals surface area (Å²) in [7, 11) is 2.12. The SMILES string of the molecule is CN1CCC(O)CC1(C)C. The van der Waals surface area contributed by atoms with Gasteiger partial charge in [0.25, 0.3) is 0 Å². The summed E-state index contributed by atoms with van der Waals surface area (Å²) in [5.41, 5.74) is 0.192. The Morgan fingerprint density at radius 2 is 2.10 bits per heavy atom. The fourth-order valence-corrected chi connectivity index (χ4v) is 1.48. The summed E-state index contributed by atoms with van der Waals surface area (Å²) in [6.45, 7) is 5.37. The van der Waals surface area contributed by atoms with E-state index in [1.54, 1.807) is 0 Å². The van der Waals surface area contributed by atoms with E-state index in [1.807, 2.05) is 0 Å². The molecule has 1 rings (SSSR count). The number of aliphatic hydroxyl groups is 1. The largest absolute Gasteiger partial charge is 0.393 e. The highest BCUT2D eigenvalue weighted by atomic mass is 16.3. The van der Waals surface area contributed by atoms with E-state index in [4.69, 9.17) is 0 Å². The van der Waals surface area contributed by atoms with Crippen molar-refractivity contribution >= 4 is 0 Å². The Bertz CT molecular complexity index is 122. The molecule has 1 atom stereocenters. The van der Waals surface area contributed by atoms with Crippen molar-refractivity contribution in [3.05, 3.63) is 0 Å². The third-order valence-electron chi connectivity index (χ3n) is 2.57. The van der Waals surface area contributed by atoms with Crippen molar-refractivity contribution in [2.75, 3.05) is 13.6 Å². The van der Waals surface area contributed by atoms with Gasteiger partial charge in [0.15, 0.2) is 0 Å². The Morgan fingerprint density at radius 1 is 1.50 bits per heavy atom. The van der Waals surface area contributed by atoms with Crippen LogP contribution in [0.3, 0.4) is 0 Å². The summed E-state index contributed by atoms with van der Waals surface area (Å²) < 4.78 is 0. The molecule has 0 spiro atoms. The summed E-state index contributed by atoms with van der Waals surface area (Å²) in [6, 6.07) is 0. The lowest BCUT2D eigenvalue weighted by molar-refractivity contribution is 0.0134. The molecule has 1 aliphatic rings. The summed E-state index contributed by atoms with van der Waals surface area (Å²) in [6.07, 6.45) is 1.76. The van der Waals surface area contributed by atoms with Gasteiger partial charge in [-0.3, -0.25) is 0 Å². The molecule has 1 saturated heterocycles. The maximum Gasteiger partial charge on any atom is 0.0569 e. The van der Waals surface area contributed by atoms with Gasteiger partial charge in [-0.05, 0) is 33.7 Å². The molecular formula is C8H17NO. The van der Waals surface area contributed by atoms with Crippen LogP contribution in [-0.2, 0) is 0 Å². The Morgan fingerprint density at radius 3 is 2.50 bits per heavy atom. The lowest BCUT2D eigenvalue weighted by Gasteiger charge is -2.41. The first-order chi connectivity index (χ1) is 4.52. The van der Waals surface area contributed by atoms with Gasteiger partial charge in [-0.1, -0.05) is 0 Å². The number of hydrogen-bond donors (Lipinski definition) is 1. The molecule has 2 nitrogen and oxygen atoms in total. The molecule has 0 aromatic heterocycles. The summed E-state index contributed by atoms with van der Waals surface area (Å²) in [5, 5.41) is 9.34. The average Bonchev–Trinajstić information content (AvgIpc) is 1.78. The molecule has 0 bridgehead atoms. The standard InChI is InChI=1S/C8H17NO/c1-8(2)6-7(10)4-5-9(8)3/h7,10H,4-6H2,1-3H3. The second-order valence-electron chi connectivity index (χ2n) is 3.88. The number of aliphatic hydroxyl groups excluding tert-OH is 1. The lowest BCUT2D eigenvalue weighted by atomic mass is 9.89. The van der Waals surface area contributed by atoms with Gasteiger partial charge < -0.3 is 10.0 Å². The highest BCUT2D eigenvalue weighted by Crippen LogP contribution is 2.25. The maximum atomic E-state index is 9.34. The van der Waals surface area contributed by atoms with E-state index in [0.717, 1.165) is 19.4 Å². The third-order valence-corrected chi connectivity index (χ3v) is 2.57. The quantitative estimate of drug-likeness (QED) is 0.543. The number of hydrogen-bond acceptors (Lipinski definition) is 2. The first kappa shape index (κ1) is 8.02. The molecule has 1 fully saturated rings. The van der Waals surface area contributed by atoms with E-state index in [2.05, 4.69) is 25.8 Å². The molecule has 1 heterocycles. The minimum absolute atomic E-state index is 0.0776. The number of rotatable bonds is 0. The fraction of sp³-hybridized carbons (Fsp3) is 1.00. The summed E-state index contributed by atoms with van der Waals surface area (Å²) in [5.74, 6) is 0. The zero-order chi connectivity index (χ0) is 7.78. The smallest absolute Gasteiger partial charge is 0.0569 e. The highest BCUT2D eigenvalue weighted by molar-refractivity contribution is 4.86. The van der Waals surface area contributed by atoms with Crippen molar-refractivity contribution in [3.63, 3.8) is 0 Å². The molecule has 60 valence electrons. The van der Waals surface area contributed by atoms with E-state index in [9.17, 15) is 5.11 Å². The van der Waals surface area contributed by atoms with Crippen LogP contribution in [0, 0.1) is 0 Å². The maximum absolute atomic E-state index is 9.34. The van der Waals surface area contributed by atoms with Crippen molar-refractivity contribution in [1.29, 1.82) is 0 Å². The monoisotopic (exact) mass is 143 g/mol. The van der Waals surface area contributed by atoms with E-state index in [-0.39, 0.29) is 11.6 Å². The molecule has 1 aliphatic heterocycles. The molecule has 0 amide bonds. The Balaban J connectivity index is 2.55. The second kappa shape index (κ2) is 2.51. The Kier molecular flexibility index (Phi) is 2.02. The minimum Gasteiger partial charge on any atom is -0.393 e. The predicted molar refractivity (Wildman–Crippen MR) is 41.9 cm³/mol. The second-order valence-corrected chi connectivity index (χ2v) is 3.88. The van der Waals surface area contributed by atoms with Gasteiger partial charge in [-0.25, -0.2) is 0 Å². The predicted octanol–water partition coefficient (Wildman–Crippen LogP) is 0.851. The van der Waals surface area contributed by atoms with Crippen LogP contribution >= 0.6 is 0 Å². The number of nitrogens with zero attached hydrogens (tertiary/aromatic N) is 1. The topological polar surface area (TPSA) is 23.5 Å². The summed E-state index contributed by atoms with van der Waals surface area (Å²) in [4.78, 5) is 2.31. The van der Waals surface area contributed by atoms with Gasteiger partial charge in [0, 0.05) is 12.1 Å². The van der Waals surface area contributed by atoms with E-state index >= 15 is 0 Å². The van der Waals surface area contributed by atoms with Crippen molar-refractivity contribution < 1.29 is 5.11 Å².